The van der Waals surface area contributed by atoms with Crippen LogP contribution < -0.4 is 5.56 Å². The van der Waals surface area contributed by atoms with Crippen LogP contribution in [0.3, 0.4) is 0 Å². The summed E-state index contributed by atoms with van der Waals surface area (Å²) in [6.45, 7) is 2.09. The van der Waals surface area contributed by atoms with Crippen molar-refractivity contribution in [3.63, 3.8) is 0 Å². The Hall–Kier alpha value is -2.47. The summed E-state index contributed by atoms with van der Waals surface area (Å²) in [6.07, 6.45) is 0.371. The third-order valence-electron chi connectivity index (χ3n) is 3.27. The van der Waals surface area contributed by atoms with E-state index in [9.17, 15) is 9.59 Å². The Kier molecular flexibility index (Phi) is 4.02. The van der Waals surface area contributed by atoms with Gasteiger partial charge in [0.25, 0.3) is 5.56 Å². The quantitative estimate of drug-likeness (QED) is 0.752. The van der Waals surface area contributed by atoms with E-state index in [1.807, 2.05) is 17.5 Å². The van der Waals surface area contributed by atoms with Crippen LogP contribution in [0.25, 0.3) is 10.9 Å². The second-order valence-corrected chi connectivity index (χ2v) is 5.48. The first-order valence-electron chi connectivity index (χ1n) is 6.89. The van der Waals surface area contributed by atoms with E-state index in [0.717, 1.165) is 5.56 Å². The zero-order valence-electron chi connectivity index (χ0n) is 12.0. The minimum atomic E-state index is -0.364. The van der Waals surface area contributed by atoms with Gasteiger partial charge in [-0.15, -0.1) is 11.3 Å². The maximum Gasteiger partial charge on any atom is 0.338 e. The molecule has 0 saturated heterocycles. The van der Waals surface area contributed by atoms with Gasteiger partial charge in [0.05, 0.1) is 23.1 Å². The number of hydrogen-bond acceptors (Lipinski definition) is 5. The van der Waals surface area contributed by atoms with Crippen molar-refractivity contribution < 1.29 is 9.53 Å². The van der Waals surface area contributed by atoms with Crippen LogP contribution >= 0.6 is 11.3 Å². The van der Waals surface area contributed by atoms with Gasteiger partial charge in [0.15, 0.2) is 0 Å². The van der Waals surface area contributed by atoms with Gasteiger partial charge < -0.3 is 9.72 Å². The average molecular weight is 314 g/mol. The number of H-pyrrole nitrogens is 1. The molecule has 0 aliphatic rings. The lowest BCUT2D eigenvalue weighted by atomic mass is 10.0. The van der Waals surface area contributed by atoms with E-state index >= 15 is 0 Å². The predicted octanol–water partition coefficient (Wildman–Crippen LogP) is 2.75. The number of nitrogens with zero attached hydrogens (tertiary/aromatic N) is 1. The van der Waals surface area contributed by atoms with Crippen molar-refractivity contribution in [2.45, 2.75) is 13.3 Å². The summed E-state index contributed by atoms with van der Waals surface area (Å²) in [7, 11) is 0. The van der Waals surface area contributed by atoms with Crippen molar-refractivity contribution in [1.29, 1.82) is 0 Å². The molecule has 3 aromatic rings. The summed E-state index contributed by atoms with van der Waals surface area (Å²) in [5, 5.41) is 4.20. The van der Waals surface area contributed by atoms with Crippen molar-refractivity contribution >= 4 is 28.2 Å². The molecular weight excluding hydrogens is 300 g/mol. The van der Waals surface area contributed by atoms with Gasteiger partial charge in [0, 0.05) is 17.2 Å². The van der Waals surface area contributed by atoms with Gasteiger partial charge in [-0.3, -0.25) is 4.79 Å². The SMILES string of the molecule is CCOC(=O)c1ccccc1Cc1nc2cscc2c(=O)[nH]1. The summed E-state index contributed by atoms with van der Waals surface area (Å²) in [5.41, 5.74) is 1.79. The highest BCUT2D eigenvalue weighted by Crippen LogP contribution is 2.16. The van der Waals surface area contributed by atoms with Crippen molar-refractivity contribution in [1.82, 2.24) is 9.97 Å². The Labute approximate surface area is 130 Å². The predicted molar refractivity (Wildman–Crippen MR) is 85.4 cm³/mol. The van der Waals surface area contributed by atoms with Crippen molar-refractivity contribution in [2.24, 2.45) is 0 Å². The maximum atomic E-state index is 12.0. The number of benzene rings is 1. The number of aromatic amines is 1. The second-order valence-electron chi connectivity index (χ2n) is 4.74. The van der Waals surface area contributed by atoms with Crippen molar-refractivity contribution in [3.8, 4) is 0 Å². The molecule has 112 valence electrons. The van der Waals surface area contributed by atoms with E-state index in [1.165, 1.54) is 11.3 Å². The molecule has 3 rings (SSSR count). The third-order valence-corrected chi connectivity index (χ3v) is 4.00. The molecule has 0 saturated carbocycles. The molecule has 1 N–H and O–H groups in total. The number of fused-ring (bicyclic) bond motifs is 1. The monoisotopic (exact) mass is 314 g/mol. The zero-order valence-corrected chi connectivity index (χ0v) is 12.8. The summed E-state index contributed by atoms with van der Waals surface area (Å²) in [6, 6.07) is 7.19. The molecule has 2 aromatic heterocycles. The third kappa shape index (κ3) is 2.78. The minimum Gasteiger partial charge on any atom is -0.462 e. The molecule has 6 heteroatoms. The Balaban J connectivity index is 1.98. The van der Waals surface area contributed by atoms with Gasteiger partial charge in [-0.25, -0.2) is 9.78 Å². The van der Waals surface area contributed by atoms with Gasteiger partial charge >= 0.3 is 5.97 Å². The van der Waals surface area contributed by atoms with E-state index in [2.05, 4.69) is 9.97 Å². The Morgan fingerprint density at radius 3 is 2.95 bits per heavy atom. The Morgan fingerprint density at radius 1 is 1.32 bits per heavy atom. The second kappa shape index (κ2) is 6.11. The fourth-order valence-corrected chi connectivity index (χ4v) is 3.01. The molecule has 0 radical (unpaired) electrons. The molecule has 0 unspecified atom stereocenters. The largest absolute Gasteiger partial charge is 0.462 e. The highest BCUT2D eigenvalue weighted by Gasteiger charge is 2.13. The molecule has 22 heavy (non-hydrogen) atoms. The number of esters is 1. The van der Waals surface area contributed by atoms with Crippen LogP contribution in [0.15, 0.2) is 39.8 Å². The average Bonchev–Trinajstić information content (AvgIpc) is 2.97. The summed E-state index contributed by atoms with van der Waals surface area (Å²) in [4.78, 5) is 31.2. The van der Waals surface area contributed by atoms with E-state index in [4.69, 9.17) is 4.74 Å². The van der Waals surface area contributed by atoms with Crippen LogP contribution in [-0.2, 0) is 11.2 Å². The summed E-state index contributed by atoms with van der Waals surface area (Å²) < 4.78 is 5.06. The summed E-state index contributed by atoms with van der Waals surface area (Å²) in [5.74, 6) is 0.171. The van der Waals surface area contributed by atoms with E-state index in [1.54, 1.807) is 24.4 Å². The first-order chi connectivity index (χ1) is 10.7. The lowest BCUT2D eigenvalue weighted by molar-refractivity contribution is 0.0525. The van der Waals surface area contributed by atoms with Crippen LogP contribution in [0.4, 0.5) is 0 Å². The molecule has 0 atom stereocenters. The molecule has 0 bridgehead atoms. The van der Waals surface area contributed by atoms with Gasteiger partial charge in [-0.05, 0) is 18.6 Å². The molecule has 0 fully saturated rings. The number of aromatic nitrogens is 2. The minimum absolute atomic E-state index is 0.158. The fraction of sp³-hybridized carbons (Fsp3) is 0.188. The number of rotatable bonds is 4. The molecule has 2 heterocycles. The lowest BCUT2D eigenvalue weighted by Crippen LogP contribution is -2.13. The molecule has 0 aliphatic carbocycles. The number of nitrogens with one attached hydrogen (secondary N) is 1. The first-order valence-corrected chi connectivity index (χ1v) is 7.83. The standard InChI is InChI=1S/C16H14N2O3S/c1-2-21-16(20)11-6-4-3-5-10(11)7-14-17-13-9-22-8-12(13)15(19)18-14/h3-6,8-9H,2,7H2,1H3,(H,17,18,19). The number of hydrogen-bond donors (Lipinski definition) is 1. The smallest absolute Gasteiger partial charge is 0.338 e. The molecule has 0 aliphatic heterocycles. The van der Waals surface area contributed by atoms with E-state index < -0.39 is 0 Å². The van der Waals surface area contributed by atoms with Crippen molar-refractivity contribution in [2.75, 3.05) is 6.61 Å². The molecule has 0 amide bonds. The normalized spacial score (nSPS) is 10.8. The molecule has 1 aromatic carbocycles. The summed E-state index contributed by atoms with van der Waals surface area (Å²) >= 11 is 1.44. The van der Waals surface area contributed by atoms with Crippen LogP contribution in [-0.4, -0.2) is 22.5 Å². The number of carbonyl (C=O) groups excluding carboxylic acids is 1. The Bertz CT molecular complexity index is 882. The molecular formula is C16H14N2O3S. The van der Waals surface area contributed by atoms with Crippen LogP contribution in [0.2, 0.25) is 0 Å². The van der Waals surface area contributed by atoms with Gasteiger partial charge in [0.1, 0.15) is 5.82 Å². The van der Waals surface area contributed by atoms with Gasteiger partial charge in [-0.2, -0.15) is 0 Å². The van der Waals surface area contributed by atoms with Gasteiger partial charge in [-0.1, -0.05) is 18.2 Å². The number of carbonyl (C=O) groups is 1. The van der Waals surface area contributed by atoms with E-state index in [-0.39, 0.29) is 11.5 Å². The number of thiophene rings is 1. The highest BCUT2D eigenvalue weighted by molar-refractivity contribution is 7.09. The molecule has 0 spiro atoms. The Morgan fingerprint density at radius 2 is 2.14 bits per heavy atom. The lowest BCUT2D eigenvalue weighted by Gasteiger charge is -2.08. The van der Waals surface area contributed by atoms with Crippen LogP contribution in [0, 0.1) is 0 Å². The van der Waals surface area contributed by atoms with Crippen LogP contribution in [0.5, 0.6) is 0 Å². The topological polar surface area (TPSA) is 72.0 Å². The van der Waals surface area contributed by atoms with Crippen LogP contribution in [0.1, 0.15) is 28.7 Å². The molecule has 5 nitrogen and oxygen atoms in total. The number of ether oxygens (including phenoxy) is 1. The maximum absolute atomic E-state index is 12.0. The van der Waals surface area contributed by atoms with Crippen molar-refractivity contribution in [3.05, 3.63) is 62.3 Å². The zero-order chi connectivity index (χ0) is 15.5. The van der Waals surface area contributed by atoms with E-state index in [0.29, 0.717) is 35.3 Å². The highest BCUT2D eigenvalue weighted by atomic mass is 32.1. The first kappa shape index (κ1) is 14.5. The fourth-order valence-electron chi connectivity index (χ4n) is 2.27. The van der Waals surface area contributed by atoms with Gasteiger partial charge in [0.2, 0.25) is 0 Å².